The van der Waals surface area contributed by atoms with E-state index in [4.69, 9.17) is 4.74 Å². The summed E-state index contributed by atoms with van der Waals surface area (Å²) in [5, 5.41) is 3.04. The van der Waals surface area contributed by atoms with Gasteiger partial charge in [0.1, 0.15) is 5.56 Å². The number of aromatic nitrogens is 1. The quantitative estimate of drug-likeness (QED) is 0.847. The van der Waals surface area contributed by atoms with E-state index < -0.39 is 0 Å². The van der Waals surface area contributed by atoms with Crippen LogP contribution in [0, 0.1) is 12.3 Å². The molecule has 22 heavy (non-hydrogen) atoms. The highest BCUT2D eigenvalue weighted by molar-refractivity contribution is 5.94. The lowest BCUT2D eigenvalue weighted by Crippen LogP contribution is -2.64. The van der Waals surface area contributed by atoms with Gasteiger partial charge in [-0.25, -0.2) is 0 Å². The van der Waals surface area contributed by atoms with Crippen molar-refractivity contribution in [2.45, 2.75) is 59.1 Å². The number of H-pyrrole nitrogens is 1. The Morgan fingerprint density at radius 2 is 2.05 bits per heavy atom. The van der Waals surface area contributed by atoms with Crippen molar-refractivity contribution in [3.8, 4) is 0 Å². The molecule has 0 saturated heterocycles. The third-order valence-electron chi connectivity index (χ3n) is 5.07. The lowest BCUT2D eigenvalue weighted by molar-refractivity contribution is -0.134. The van der Waals surface area contributed by atoms with Gasteiger partial charge in [-0.2, -0.15) is 0 Å². The van der Waals surface area contributed by atoms with Gasteiger partial charge in [0.25, 0.3) is 11.5 Å². The van der Waals surface area contributed by atoms with E-state index in [1.54, 1.807) is 19.1 Å². The van der Waals surface area contributed by atoms with Crippen LogP contribution in [0.1, 0.15) is 56.1 Å². The number of aromatic amines is 1. The highest BCUT2D eigenvalue weighted by Crippen LogP contribution is 2.48. The van der Waals surface area contributed by atoms with Crippen LogP contribution in [0.3, 0.4) is 0 Å². The molecular weight excluding hydrogens is 280 g/mol. The highest BCUT2D eigenvalue weighted by atomic mass is 16.5. The van der Waals surface area contributed by atoms with Crippen LogP contribution in [-0.2, 0) is 4.74 Å². The molecule has 1 aliphatic carbocycles. The maximum Gasteiger partial charge on any atom is 0.260 e. The number of nitrogens with one attached hydrogen (secondary N) is 2. The van der Waals surface area contributed by atoms with Crippen LogP contribution >= 0.6 is 0 Å². The summed E-state index contributed by atoms with van der Waals surface area (Å²) in [5.41, 5.74) is 0.560. The number of hydrogen-bond donors (Lipinski definition) is 2. The smallest absolute Gasteiger partial charge is 0.260 e. The largest absolute Gasteiger partial charge is 0.378 e. The lowest BCUT2D eigenvalue weighted by Gasteiger charge is -2.55. The van der Waals surface area contributed by atoms with Gasteiger partial charge in [-0.1, -0.05) is 13.8 Å². The molecule has 122 valence electrons. The summed E-state index contributed by atoms with van der Waals surface area (Å²) >= 11 is 0. The molecule has 0 spiro atoms. The molecular formula is C17H26N2O3. The molecule has 2 atom stereocenters. The fourth-order valence-electron chi connectivity index (χ4n) is 3.57. The Hall–Kier alpha value is -1.62. The summed E-state index contributed by atoms with van der Waals surface area (Å²) in [7, 11) is 0. The Kier molecular flexibility index (Phi) is 5.06. The van der Waals surface area contributed by atoms with Gasteiger partial charge in [0.15, 0.2) is 0 Å². The molecule has 1 amide bonds. The fourth-order valence-corrected chi connectivity index (χ4v) is 3.57. The van der Waals surface area contributed by atoms with Gasteiger partial charge in [0.2, 0.25) is 0 Å². The van der Waals surface area contributed by atoms with Crippen LogP contribution in [0.5, 0.6) is 0 Å². The molecule has 2 rings (SSSR count). The van der Waals surface area contributed by atoms with Gasteiger partial charge < -0.3 is 15.0 Å². The van der Waals surface area contributed by atoms with Gasteiger partial charge in [-0.3, -0.25) is 9.59 Å². The van der Waals surface area contributed by atoms with Crippen molar-refractivity contribution < 1.29 is 9.53 Å². The average molecular weight is 306 g/mol. The molecule has 0 unspecified atom stereocenters. The minimum Gasteiger partial charge on any atom is -0.378 e. The van der Waals surface area contributed by atoms with E-state index in [2.05, 4.69) is 24.1 Å². The van der Waals surface area contributed by atoms with Crippen LogP contribution in [0.15, 0.2) is 16.9 Å². The third-order valence-corrected chi connectivity index (χ3v) is 5.07. The molecule has 1 heterocycles. The molecule has 5 nitrogen and oxygen atoms in total. The van der Waals surface area contributed by atoms with Crippen molar-refractivity contribution in [3.05, 3.63) is 33.7 Å². The Bertz CT molecular complexity index is 590. The molecule has 1 aromatic heterocycles. The van der Waals surface area contributed by atoms with E-state index in [9.17, 15) is 9.59 Å². The minimum atomic E-state index is -0.336. The molecule has 0 radical (unpaired) electrons. The number of ether oxygens (including phenoxy) is 1. The first kappa shape index (κ1) is 16.7. The number of carbonyl (C=O) groups excluding carboxylic acids is 1. The van der Waals surface area contributed by atoms with E-state index in [1.807, 2.05) is 6.92 Å². The van der Waals surface area contributed by atoms with Crippen molar-refractivity contribution >= 4 is 5.91 Å². The molecule has 1 fully saturated rings. The van der Waals surface area contributed by atoms with Crippen LogP contribution in [0.4, 0.5) is 0 Å². The molecule has 1 aromatic rings. The SMILES string of the molecule is CCO[C@H]1C[C@H](NC(=O)c2ccc(C)[nH]c2=O)C1(CC)CC. The number of pyridine rings is 1. The second-order valence-electron chi connectivity index (χ2n) is 6.03. The molecule has 1 saturated carbocycles. The van der Waals surface area contributed by atoms with Crippen molar-refractivity contribution in [2.24, 2.45) is 5.41 Å². The predicted molar refractivity (Wildman–Crippen MR) is 86.1 cm³/mol. The number of amides is 1. The van der Waals surface area contributed by atoms with E-state index in [0.29, 0.717) is 6.61 Å². The van der Waals surface area contributed by atoms with Gasteiger partial charge in [0.05, 0.1) is 6.10 Å². The summed E-state index contributed by atoms with van der Waals surface area (Å²) in [6.07, 6.45) is 2.90. The van der Waals surface area contributed by atoms with Crippen molar-refractivity contribution in [1.82, 2.24) is 10.3 Å². The van der Waals surface area contributed by atoms with E-state index >= 15 is 0 Å². The monoisotopic (exact) mass is 306 g/mol. The predicted octanol–water partition coefficient (Wildman–Crippen LogP) is 2.40. The molecule has 0 bridgehead atoms. The maximum absolute atomic E-state index is 12.4. The minimum absolute atomic E-state index is 0.0247. The first-order valence-electron chi connectivity index (χ1n) is 8.10. The van der Waals surface area contributed by atoms with Crippen molar-refractivity contribution in [3.63, 3.8) is 0 Å². The zero-order chi connectivity index (χ0) is 16.3. The van der Waals surface area contributed by atoms with Gasteiger partial charge in [-0.05, 0) is 45.2 Å². The number of rotatable bonds is 6. The van der Waals surface area contributed by atoms with Gasteiger partial charge in [0, 0.05) is 23.8 Å². The number of hydrogen-bond acceptors (Lipinski definition) is 3. The molecule has 1 aliphatic rings. The number of carbonyl (C=O) groups is 1. The average Bonchev–Trinajstić information content (AvgIpc) is 2.47. The summed E-state index contributed by atoms with van der Waals surface area (Å²) < 4.78 is 5.81. The third kappa shape index (κ3) is 2.82. The lowest BCUT2D eigenvalue weighted by atomic mass is 9.58. The summed E-state index contributed by atoms with van der Waals surface area (Å²) in [6, 6.07) is 3.39. The Balaban J connectivity index is 2.13. The molecule has 5 heteroatoms. The fraction of sp³-hybridized carbons (Fsp3) is 0.647. The zero-order valence-electron chi connectivity index (χ0n) is 13.9. The summed E-state index contributed by atoms with van der Waals surface area (Å²) in [5.74, 6) is -0.299. The second-order valence-corrected chi connectivity index (χ2v) is 6.03. The Morgan fingerprint density at radius 3 is 2.59 bits per heavy atom. The normalized spacial score (nSPS) is 22.9. The van der Waals surface area contributed by atoms with E-state index in [-0.39, 0.29) is 34.6 Å². The highest BCUT2D eigenvalue weighted by Gasteiger charge is 2.53. The number of aryl methyl sites for hydroxylation is 1. The standard InChI is InChI=1S/C17H26N2O3/c1-5-17(6-2)13(10-14(17)22-7-3)19-16(21)12-9-8-11(4)18-15(12)20/h8-9,13-14H,5-7,10H2,1-4H3,(H,18,20)(H,19,21)/t13-,14-/m0/s1. The van der Waals surface area contributed by atoms with Crippen LogP contribution in [0.2, 0.25) is 0 Å². The topological polar surface area (TPSA) is 71.2 Å². The van der Waals surface area contributed by atoms with Gasteiger partial charge >= 0.3 is 0 Å². The van der Waals surface area contributed by atoms with Gasteiger partial charge in [-0.15, -0.1) is 0 Å². The Morgan fingerprint density at radius 1 is 1.36 bits per heavy atom. The summed E-state index contributed by atoms with van der Waals surface area (Å²) in [4.78, 5) is 27.0. The van der Waals surface area contributed by atoms with Crippen LogP contribution in [0.25, 0.3) is 0 Å². The molecule has 0 aliphatic heterocycles. The van der Waals surface area contributed by atoms with E-state index in [0.717, 1.165) is 25.0 Å². The van der Waals surface area contributed by atoms with Crippen LogP contribution < -0.4 is 10.9 Å². The van der Waals surface area contributed by atoms with Crippen molar-refractivity contribution in [2.75, 3.05) is 6.61 Å². The first-order chi connectivity index (χ1) is 10.5. The van der Waals surface area contributed by atoms with Crippen molar-refractivity contribution in [1.29, 1.82) is 0 Å². The summed E-state index contributed by atoms with van der Waals surface area (Å²) in [6.45, 7) is 8.73. The Labute approximate surface area is 131 Å². The zero-order valence-corrected chi connectivity index (χ0v) is 13.9. The first-order valence-corrected chi connectivity index (χ1v) is 8.10. The van der Waals surface area contributed by atoms with Crippen LogP contribution in [-0.4, -0.2) is 29.6 Å². The van der Waals surface area contributed by atoms with E-state index in [1.165, 1.54) is 0 Å². The maximum atomic E-state index is 12.4. The molecule has 2 N–H and O–H groups in total. The second kappa shape index (κ2) is 6.65. The molecule has 0 aromatic carbocycles.